The maximum absolute atomic E-state index is 11.4. The van der Waals surface area contributed by atoms with Crippen molar-refractivity contribution in [2.45, 2.75) is 32.9 Å². The summed E-state index contributed by atoms with van der Waals surface area (Å²) in [6, 6.07) is 3.55. The molecule has 23 heavy (non-hydrogen) atoms. The Bertz CT molecular complexity index is 756. The van der Waals surface area contributed by atoms with Gasteiger partial charge in [0.25, 0.3) is 5.91 Å². The average Bonchev–Trinajstić information content (AvgIpc) is 2.78. The van der Waals surface area contributed by atoms with E-state index in [1.54, 1.807) is 30.8 Å². The molecule has 2 rings (SSSR count). The van der Waals surface area contributed by atoms with Crippen molar-refractivity contribution in [1.29, 1.82) is 0 Å². The summed E-state index contributed by atoms with van der Waals surface area (Å²) < 4.78 is 1.69. The van der Waals surface area contributed by atoms with Crippen molar-refractivity contribution < 1.29 is 9.90 Å². The first-order valence-electron chi connectivity index (χ1n) is 7.16. The van der Waals surface area contributed by atoms with Crippen LogP contribution in [0.1, 0.15) is 25.2 Å². The van der Waals surface area contributed by atoms with Crippen molar-refractivity contribution in [2.75, 3.05) is 0 Å². The van der Waals surface area contributed by atoms with Crippen LogP contribution in [0, 0.1) is 6.92 Å². The normalized spacial score (nSPS) is 12.4. The highest BCUT2D eigenvalue weighted by molar-refractivity contribution is 6.18. The minimum absolute atomic E-state index is 0.161. The Balaban J connectivity index is 2.42. The van der Waals surface area contributed by atoms with Crippen molar-refractivity contribution in [3.8, 4) is 11.1 Å². The van der Waals surface area contributed by atoms with Crippen LogP contribution >= 0.6 is 0 Å². The molecule has 0 atom stereocenters. The van der Waals surface area contributed by atoms with Crippen LogP contribution in [0.15, 0.2) is 30.7 Å². The molecule has 122 valence electrons. The topological polar surface area (TPSA) is 120 Å². The van der Waals surface area contributed by atoms with Gasteiger partial charge in [-0.2, -0.15) is 5.10 Å². The van der Waals surface area contributed by atoms with Gasteiger partial charge in [-0.1, -0.05) is 0 Å². The molecule has 0 radical (unpaired) electrons. The average molecular weight is 315 g/mol. The summed E-state index contributed by atoms with van der Waals surface area (Å²) in [4.78, 5) is 15.5. The highest BCUT2D eigenvalue weighted by atomic mass is 16.3. The molecule has 7 nitrogen and oxygen atoms in total. The number of amides is 1. The van der Waals surface area contributed by atoms with Crippen LogP contribution in [0.5, 0.6) is 0 Å². The van der Waals surface area contributed by atoms with E-state index in [2.05, 4.69) is 10.1 Å². The minimum atomic E-state index is -0.861. The van der Waals surface area contributed by atoms with Gasteiger partial charge in [0, 0.05) is 24.2 Å². The molecule has 2 aromatic heterocycles. The second kappa shape index (κ2) is 6.21. The molecule has 0 aliphatic rings. The highest BCUT2D eigenvalue weighted by Crippen LogP contribution is 2.25. The van der Waals surface area contributed by atoms with Gasteiger partial charge in [0.05, 0.1) is 29.1 Å². The van der Waals surface area contributed by atoms with E-state index >= 15 is 0 Å². The number of pyridine rings is 1. The van der Waals surface area contributed by atoms with E-state index in [1.165, 1.54) is 0 Å². The smallest absolute Gasteiger partial charge is 0.252 e. The highest BCUT2D eigenvalue weighted by Gasteiger charge is 2.17. The summed E-state index contributed by atoms with van der Waals surface area (Å²) in [6.45, 7) is 5.70. The number of nitrogens with zero attached hydrogens (tertiary/aromatic N) is 3. The van der Waals surface area contributed by atoms with Gasteiger partial charge in [-0.25, -0.2) is 0 Å². The van der Waals surface area contributed by atoms with Gasteiger partial charge < -0.3 is 16.6 Å². The summed E-state index contributed by atoms with van der Waals surface area (Å²) in [7, 11) is 0. The Morgan fingerprint density at radius 1 is 1.48 bits per heavy atom. The zero-order chi connectivity index (χ0) is 17.2. The molecule has 0 fully saturated rings. The number of primary amides is 1. The van der Waals surface area contributed by atoms with Gasteiger partial charge in [-0.15, -0.1) is 0 Å². The molecule has 0 saturated heterocycles. The van der Waals surface area contributed by atoms with Gasteiger partial charge in [0.2, 0.25) is 0 Å². The van der Waals surface area contributed by atoms with E-state index in [0.29, 0.717) is 12.2 Å². The molecule has 1 amide bonds. The molecule has 0 aliphatic heterocycles. The summed E-state index contributed by atoms with van der Waals surface area (Å²) in [6.07, 6.45) is 4.59. The first-order chi connectivity index (χ1) is 10.7. The molecule has 0 aromatic carbocycles. The largest absolute Gasteiger partial charge is 0.404 e. The molecular weight excluding hydrogens is 294 g/mol. The van der Waals surface area contributed by atoms with Crippen LogP contribution in [-0.4, -0.2) is 31.4 Å². The number of aliphatic hydroxyl groups is 1. The van der Waals surface area contributed by atoms with Crippen LogP contribution in [0.2, 0.25) is 0 Å². The van der Waals surface area contributed by atoms with Crippen LogP contribution in [0.4, 0.5) is 0 Å². The standard InChI is InChI=1S/C16H21N5O2/c1-10-13(8-21(20-10)9-16(2,3)23)11-4-5-19-14(6-11)12(7-17)15(18)22/h4-8,23H,9,17H2,1-3H3,(H2,18,22)/b12-7+. The fourth-order valence-electron chi connectivity index (χ4n) is 2.32. The van der Waals surface area contributed by atoms with Crippen molar-refractivity contribution in [3.05, 3.63) is 42.1 Å². The van der Waals surface area contributed by atoms with E-state index in [9.17, 15) is 9.90 Å². The summed E-state index contributed by atoms with van der Waals surface area (Å²) >= 11 is 0. The van der Waals surface area contributed by atoms with Crippen molar-refractivity contribution in [1.82, 2.24) is 14.8 Å². The number of aryl methyl sites for hydroxylation is 1. The molecule has 2 aromatic rings. The molecule has 5 N–H and O–H groups in total. The Labute approximate surface area is 134 Å². The van der Waals surface area contributed by atoms with E-state index in [4.69, 9.17) is 11.5 Å². The van der Waals surface area contributed by atoms with Gasteiger partial charge >= 0.3 is 0 Å². The number of carbonyl (C=O) groups excluding carboxylic acids is 1. The fourth-order valence-corrected chi connectivity index (χ4v) is 2.32. The summed E-state index contributed by atoms with van der Waals surface area (Å²) in [5.41, 5.74) is 13.0. The first kappa shape index (κ1) is 16.7. The van der Waals surface area contributed by atoms with Crippen LogP contribution in [0.3, 0.4) is 0 Å². The Hall–Kier alpha value is -2.67. The number of hydrogen-bond acceptors (Lipinski definition) is 5. The Morgan fingerprint density at radius 2 is 2.17 bits per heavy atom. The van der Waals surface area contributed by atoms with E-state index in [0.717, 1.165) is 23.0 Å². The third kappa shape index (κ3) is 3.95. The second-order valence-corrected chi connectivity index (χ2v) is 6.01. The van der Waals surface area contributed by atoms with Gasteiger partial charge in [-0.05, 0) is 38.5 Å². The molecule has 7 heteroatoms. The summed E-state index contributed by atoms with van der Waals surface area (Å²) in [5, 5.41) is 14.3. The number of hydrogen-bond donors (Lipinski definition) is 3. The zero-order valence-corrected chi connectivity index (χ0v) is 13.4. The maximum Gasteiger partial charge on any atom is 0.252 e. The van der Waals surface area contributed by atoms with Crippen molar-refractivity contribution in [3.63, 3.8) is 0 Å². The Morgan fingerprint density at radius 3 is 2.74 bits per heavy atom. The molecule has 0 bridgehead atoms. The first-order valence-corrected chi connectivity index (χ1v) is 7.16. The van der Waals surface area contributed by atoms with Gasteiger partial charge in [0.1, 0.15) is 0 Å². The fraction of sp³-hybridized carbons (Fsp3) is 0.312. The molecule has 0 spiro atoms. The lowest BCUT2D eigenvalue weighted by Gasteiger charge is -2.16. The molecule has 2 heterocycles. The van der Waals surface area contributed by atoms with Crippen molar-refractivity contribution in [2.24, 2.45) is 11.5 Å². The van der Waals surface area contributed by atoms with Crippen molar-refractivity contribution >= 4 is 11.5 Å². The van der Waals surface area contributed by atoms with Crippen LogP contribution in [0.25, 0.3) is 16.7 Å². The maximum atomic E-state index is 11.4. The Kier molecular flexibility index (Phi) is 4.51. The SMILES string of the molecule is Cc1nn(CC(C)(C)O)cc1-c1ccnc(/C(=C\N)C(N)=O)c1. The number of rotatable bonds is 5. The quantitative estimate of drug-likeness (QED) is 0.705. The van der Waals surface area contributed by atoms with E-state index < -0.39 is 11.5 Å². The predicted molar refractivity (Wildman–Crippen MR) is 87.9 cm³/mol. The third-order valence-electron chi connectivity index (χ3n) is 3.27. The molecule has 0 aliphatic carbocycles. The van der Waals surface area contributed by atoms with Crippen LogP contribution < -0.4 is 11.5 Å². The number of nitrogens with two attached hydrogens (primary N) is 2. The molecule has 0 unspecified atom stereocenters. The summed E-state index contributed by atoms with van der Waals surface area (Å²) in [5.74, 6) is -0.633. The molecular formula is C16H21N5O2. The van der Waals surface area contributed by atoms with Crippen LogP contribution in [-0.2, 0) is 11.3 Å². The number of aromatic nitrogens is 3. The zero-order valence-electron chi connectivity index (χ0n) is 13.4. The van der Waals surface area contributed by atoms with Gasteiger partial charge in [0.15, 0.2) is 0 Å². The lowest BCUT2D eigenvalue weighted by molar-refractivity contribution is -0.112. The monoisotopic (exact) mass is 315 g/mol. The molecule has 0 saturated carbocycles. The third-order valence-corrected chi connectivity index (χ3v) is 3.27. The lowest BCUT2D eigenvalue weighted by atomic mass is 10.0. The minimum Gasteiger partial charge on any atom is -0.404 e. The van der Waals surface area contributed by atoms with E-state index in [1.807, 2.05) is 19.2 Å². The number of carbonyl (C=O) groups is 1. The van der Waals surface area contributed by atoms with Gasteiger partial charge in [-0.3, -0.25) is 14.5 Å². The second-order valence-electron chi connectivity index (χ2n) is 6.01. The predicted octanol–water partition coefficient (Wildman–Crippen LogP) is 0.809. The lowest BCUT2D eigenvalue weighted by Crippen LogP contribution is -2.26. The van der Waals surface area contributed by atoms with E-state index in [-0.39, 0.29) is 5.57 Å².